The molecule has 0 saturated carbocycles. The second kappa shape index (κ2) is 4.98. The Morgan fingerprint density at radius 2 is 1.81 bits per heavy atom. The number of alkyl halides is 3. The van der Waals surface area contributed by atoms with E-state index in [1.54, 1.807) is 6.07 Å². The highest BCUT2D eigenvalue weighted by atomic mass is 19.4. The summed E-state index contributed by atoms with van der Waals surface area (Å²) in [6, 6.07) is 6.78. The summed E-state index contributed by atoms with van der Waals surface area (Å²) in [7, 11) is 0.969. The third kappa shape index (κ3) is 2.96. The molecule has 0 amide bonds. The Bertz CT molecular complexity index is 348. The summed E-state index contributed by atoms with van der Waals surface area (Å²) in [6.07, 6.45) is -4.71. The summed E-state index contributed by atoms with van der Waals surface area (Å²) >= 11 is 0. The van der Waals surface area contributed by atoms with Crippen LogP contribution in [0.4, 0.5) is 13.2 Å². The lowest BCUT2D eigenvalue weighted by molar-refractivity contribution is -0.267. The van der Waals surface area contributed by atoms with Gasteiger partial charge in [0.15, 0.2) is 5.92 Å². The van der Waals surface area contributed by atoms with Gasteiger partial charge in [0, 0.05) is 0 Å². The van der Waals surface area contributed by atoms with E-state index in [1.165, 1.54) is 24.3 Å². The molecule has 0 fully saturated rings. The van der Waals surface area contributed by atoms with Gasteiger partial charge in [-0.15, -0.1) is 0 Å². The van der Waals surface area contributed by atoms with E-state index in [9.17, 15) is 18.0 Å². The Kier molecular flexibility index (Phi) is 3.89. The van der Waals surface area contributed by atoms with Crippen LogP contribution >= 0.6 is 0 Å². The van der Waals surface area contributed by atoms with Crippen molar-refractivity contribution in [2.24, 2.45) is 0 Å². The van der Waals surface area contributed by atoms with Crippen LogP contribution in [0.2, 0.25) is 0 Å². The third-order valence-corrected chi connectivity index (χ3v) is 1.86. The molecule has 0 aliphatic carbocycles. The molecule has 0 N–H and O–H groups in total. The minimum atomic E-state index is -4.71. The van der Waals surface area contributed by atoms with Crippen LogP contribution in [0.1, 0.15) is 11.5 Å². The molecule has 1 rings (SSSR count). The van der Waals surface area contributed by atoms with E-state index in [0.717, 1.165) is 7.11 Å². The highest BCUT2D eigenvalue weighted by Gasteiger charge is 2.47. The first-order valence-corrected chi connectivity index (χ1v) is 4.33. The molecular formula is C10H9F3O3. The van der Waals surface area contributed by atoms with Gasteiger partial charge >= 0.3 is 12.1 Å². The maximum atomic E-state index is 12.6. The number of hydrogen-bond donors (Lipinski definition) is 0. The lowest BCUT2D eigenvalue weighted by atomic mass is 9.99. The van der Waals surface area contributed by atoms with E-state index in [2.05, 4.69) is 9.78 Å². The highest BCUT2D eigenvalue weighted by molar-refractivity contribution is 5.78. The van der Waals surface area contributed by atoms with E-state index in [4.69, 9.17) is 0 Å². The van der Waals surface area contributed by atoms with Crippen LogP contribution in [-0.2, 0) is 14.6 Å². The van der Waals surface area contributed by atoms with Gasteiger partial charge in [-0.3, -0.25) is 4.89 Å². The number of halogens is 3. The fraction of sp³-hybridized carbons (Fsp3) is 0.300. The number of carbonyl (C=O) groups is 1. The van der Waals surface area contributed by atoms with Crippen molar-refractivity contribution in [3.05, 3.63) is 35.9 Å². The van der Waals surface area contributed by atoms with Crippen LogP contribution in [-0.4, -0.2) is 19.3 Å². The van der Waals surface area contributed by atoms with E-state index < -0.39 is 18.1 Å². The van der Waals surface area contributed by atoms with E-state index in [0.29, 0.717) is 0 Å². The summed E-state index contributed by atoms with van der Waals surface area (Å²) < 4.78 is 37.9. The van der Waals surface area contributed by atoms with Crippen molar-refractivity contribution in [2.45, 2.75) is 12.1 Å². The molecule has 0 heterocycles. The van der Waals surface area contributed by atoms with E-state index in [1.807, 2.05) is 0 Å². The zero-order chi connectivity index (χ0) is 12.2. The first-order valence-electron chi connectivity index (χ1n) is 4.33. The summed E-state index contributed by atoms with van der Waals surface area (Å²) in [5.41, 5.74) is -0.183. The minimum absolute atomic E-state index is 0.183. The van der Waals surface area contributed by atoms with Crippen molar-refractivity contribution in [2.75, 3.05) is 7.11 Å². The summed E-state index contributed by atoms with van der Waals surface area (Å²) in [4.78, 5) is 19.0. The van der Waals surface area contributed by atoms with Gasteiger partial charge in [-0.1, -0.05) is 30.3 Å². The van der Waals surface area contributed by atoms with Crippen LogP contribution in [0.25, 0.3) is 0 Å². The van der Waals surface area contributed by atoms with E-state index in [-0.39, 0.29) is 5.56 Å². The standard InChI is InChI=1S/C10H9F3O3/c1-15-16-9(14)8(10(11,12)13)7-5-3-2-4-6-7/h2-6,8H,1H3. The van der Waals surface area contributed by atoms with Crippen LogP contribution < -0.4 is 0 Å². The van der Waals surface area contributed by atoms with Gasteiger partial charge < -0.3 is 0 Å². The zero-order valence-corrected chi connectivity index (χ0v) is 8.32. The summed E-state index contributed by atoms with van der Waals surface area (Å²) in [6.45, 7) is 0. The predicted octanol–water partition coefficient (Wildman–Crippen LogP) is 2.44. The maximum absolute atomic E-state index is 12.6. The molecular weight excluding hydrogens is 225 g/mol. The fourth-order valence-electron chi connectivity index (χ4n) is 1.23. The Hall–Kier alpha value is -1.56. The van der Waals surface area contributed by atoms with Gasteiger partial charge in [-0.2, -0.15) is 18.1 Å². The van der Waals surface area contributed by atoms with Crippen molar-refractivity contribution in [3.63, 3.8) is 0 Å². The quantitative estimate of drug-likeness (QED) is 0.595. The molecule has 1 unspecified atom stereocenters. The molecule has 0 aromatic heterocycles. The molecule has 1 atom stereocenters. The Balaban J connectivity index is 3.02. The molecule has 0 saturated heterocycles. The maximum Gasteiger partial charge on any atom is 0.406 e. The Morgan fingerprint density at radius 1 is 1.25 bits per heavy atom. The van der Waals surface area contributed by atoms with Crippen LogP contribution in [0.15, 0.2) is 30.3 Å². The molecule has 0 bridgehead atoms. The summed E-state index contributed by atoms with van der Waals surface area (Å²) in [5.74, 6) is -3.81. The van der Waals surface area contributed by atoms with Crippen molar-refractivity contribution in [1.29, 1.82) is 0 Å². The van der Waals surface area contributed by atoms with Crippen molar-refractivity contribution >= 4 is 5.97 Å². The van der Waals surface area contributed by atoms with Gasteiger partial charge in [0.05, 0.1) is 7.11 Å². The molecule has 0 spiro atoms. The largest absolute Gasteiger partial charge is 0.406 e. The normalized spacial score (nSPS) is 13.2. The average Bonchev–Trinajstić information content (AvgIpc) is 2.17. The van der Waals surface area contributed by atoms with Crippen LogP contribution in [0.3, 0.4) is 0 Å². The topological polar surface area (TPSA) is 35.5 Å². The molecule has 0 radical (unpaired) electrons. The molecule has 0 aliphatic rings. The third-order valence-electron chi connectivity index (χ3n) is 1.86. The van der Waals surface area contributed by atoms with Gasteiger partial charge in [-0.25, -0.2) is 4.79 Å². The van der Waals surface area contributed by atoms with Gasteiger partial charge in [0.1, 0.15) is 0 Å². The van der Waals surface area contributed by atoms with Crippen LogP contribution in [0.5, 0.6) is 0 Å². The Labute approximate surface area is 89.7 Å². The second-order valence-electron chi connectivity index (χ2n) is 2.95. The zero-order valence-electron chi connectivity index (χ0n) is 8.32. The number of carbonyl (C=O) groups excluding carboxylic acids is 1. The lowest BCUT2D eigenvalue weighted by Crippen LogP contribution is -2.29. The first-order chi connectivity index (χ1) is 7.46. The fourth-order valence-corrected chi connectivity index (χ4v) is 1.23. The molecule has 16 heavy (non-hydrogen) atoms. The number of hydrogen-bond acceptors (Lipinski definition) is 3. The predicted molar refractivity (Wildman–Crippen MR) is 48.3 cm³/mol. The van der Waals surface area contributed by atoms with Gasteiger partial charge in [-0.05, 0) is 5.56 Å². The molecule has 1 aromatic rings. The number of benzene rings is 1. The molecule has 1 aromatic carbocycles. The first kappa shape index (κ1) is 12.5. The van der Waals surface area contributed by atoms with Gasteiger partial charge in [0.2, 0.25) is 0 Å². The van der Waals surface area contributed by atoms with Gasteiger partial charge in [0.25, 0.3) is 0 Å². The molecule has 6 heteroatoms. The minimum Gasteiger partial charge on any atom is -0.298 e. The summed E-state index contributed by atoms with van der Waals surface area (Å²) in [5, 5.41) is 0. The van der Waals surface area contributed by atoms with Crippen molar-refractivity contribution < 1.29 is 27.7 Å². The van der Waals surface area contributed by atoms with Crippen LogP contribution in [0, 0.1) is 0 Å². The highest BCUT2D eigenvalue weighted by Crippen LogP contribution is 2.35. The lowest BCUT2D eigenvalue weighted by Gasteiger charge is -2.17. The number of rotatable bonds is 3. The van der Waals surface area contributed by atoms with E-state index >= 15 is 0 Å². The average molecular weight is 234 g/mol. The Morgan fingerprint density at radius 3 is 2.25 bits per heavy atom. The SMILES string of the molecule is COOC(=O)C(c1ccccc1)C(F)(F)F. The van der Waals surface area contributed by atoms with Crippen molar-refractivity contribution in [1.82, 2.24) is 0 Å². The van der Waals surface area contributed by atoms with Crippen molar-refractivity contribution in [3.8, 4) is 0 Å². The molecule has 0 aliphatic heterocycles. The monoisotopic (exact) mass is 234 g/mol. The smallest absolute Gasteiger partial charge is 0.298 e. The molecule has 88 valence electrons. The molecule has 3 nitrogen and oxygen atoms in total. The second-order valence-corrected chi connectivity index (χ2v) is 2.95.